The van der Waals surface area contributed by atoms with E-state index >= 15 is 0 Å². The van der Waals surface area contributed by atoms with Gasteiger partial charge >= 0.3 is 0 Å². The second-order valence-corrected chi connectivity index (χ2v) is 6.09. The van der Waals surface area contributed by atoms with Crippen LogP contribution < -0.4 is 15.4 Å². The average Bonchev–Trinajstić information content (AvgIpc) is 3.15. The number of guanidine groups is 1. The summed E-state index contributed by atoms with van der Waals surface area (Å²) in [7, 11) is 3.51. The molecule has 120 valence electrons. The predicted octanol–water partition coefficient (Wildman–Crippen LogP) is 1.99. The molecule has 0 saturated carbocycles. The minimum absolute atomic E-state index is 0.350. The fraction of sp³-hybridized carbons (Fsp3) is 0.588. The molecular formula is C17H25N3O2. The SMILES string of the molecule is CN=C(NCc1ccc(C)c(OC)c1)NC1CC2CCC1O2. The van der Waals surface area contributed by atoms with Crippen LogP contribution in [0.5, 0.6) is 5.75 Å². The van der Waals surface area contributed by atoms with E-state index in [4.69, 9.17) is 9.47 Å². The zero-order valence-electron chi connectivity index (χ0n) is 13.6. The van der Waals surface area contributed by atoms with Crippen molar-refractivity contribution in [3.05, 3.63) is 29.3 Å². The first-order chi connectivity index (χ1) is 10.7. The maximum absolute atomic E-state index is 5.87. The van der Waals surface area contributed by atoms with E-state index in [1.165, 1.54) is 12.0 Å². The van der Waals surface area contributed by atoms with Gasteiger partial charge in [0.15, 0.2) is 5.96 Å². The molecule has 0 aromatic heterocycles. The lowest BCUT2D eigenvalue weighted by molar-refractivity contribution is 0.0992. The number of hydrogen-bond acceptors (Lipinski definition) is 3. The molecule has 3 rings (SSSR count). The molecule has 2 saturated heterocycles. The van der Waals surface area contributed by atoms with Gasteiger partial charge in [-0.2, -0.15) is 0 Å². The summed E-state index contributed by atoms with van der Waals surface area (Å²) in [5, 5.41) is 6.86. The lowest BCUT2D eigenvalue weighted by Gasteiger charge is -2.22. The highest BCUT2D eigenvalue weighted by Crippen LogP contribution is 2.34. The van der Waals surface area contributed by atoms with E-state index in [1.54, 1.807) is 14.2 Å². The van der Waals surface area contributed by atoms with Gasteiger partial charge < -0.3 is 20.1 Å². The molecule has 2 heterocycles. The van der Waals surface area contributed by atoms with E-state index in [9.17, 15) is 0 Å². The summed E-state index contributed by atoms with van der Waals surface area (Å²) in [6.45, 7) is 2.77. The number of nitrogens with one attached hydrogen (secondary N) is 2. The van der Waals surface area contributed by atoms with E-state index < -0.39 is 0 Å². The largest absolute Gasteiger partial charge is 0.496 e. The van der Waals surface area contributed by atoms with Crippen LogP contribution in [0.3, 0.4) is 0 Å². The monoisotopic (exact) mass is 303 g/mol. The molecule has 2 bridgehead atoms. The summed E-state index contributed by atoms with van der Waals surface area (Å²) in [6.07, 6.45) is 4.25. The molecule has 3 atom stereocenters. The highest BCUT2D eigenvalue weighted by Gasteiger charge is 2.41. The van der Waals surface area contributed by atoms with Gasteiger partial charge in [0.1, 0.15) is 5.75 Å². The van der Waals surface area contributed by atoms with Crippen LogP contribution in [0.4, 0.5) is 0 Å². The molecule has 0 radical (unpaired) electrons. The number of rotatable bonds is 4. The number of hydrogen-bond donors (Lipinski definition) is 2. The van der Waals surface area contributed by atoms with Crippen molar-refractivity contribution in [2.75, 3.05) is 14.2 Å². The number of benzene rings is 1. The van der Waals surface area contributed by atoms with Crippen molar-refractivity contribution in [3.63, 3.8) is 0 Å². The molecule has 0 spiro atoms. The van der Waals surface area contributed by atoms with Gasteiger partial charge in [-0.3, -0.25) is 4.99 Å². The zero-order chi connectivity index (χ0) is 15.5. The molecular weight excluding hydrogens is 278 g/mol. The molecule has 2 aliphatic rings. The third kappa shape index (κ3) is 3.19. The molecule has 5 heteroatoms. The first kappa shape index (κ1) is 15.2. The van der Waals surface area contributed by atoms with Crippen molar-refractivity contribution in [2.45, 2.75) is 51.0 Å². The van der Waals surface area contributed by atoms with Crippen LogP contribution in [0, 0.1) is 6.92 Å². The number of fused-ring (bicyclic) bond motifs is 2. The number of ether oxygens (including phenoxy) is 2. The Morgan fingerprint density at radius 3 is 2.91 bits per heavy atom. The molecule has 3 unspecified atom stereocenters. The normalized spacial score (nSPS) is 27.0. The number of aliphatic imine (C=N–C) groups is 1. The predicted molar refractivity (Wildman–Crippen MR) is 87.4 cm³/mol. The van der Waals surface area contributed by atoms with Crippen molar-refractivity contribution in [1.82, 2.24) is 10.6 Å². The van der Waals surface area contributed by atoms with Gasteiger partial charge in [0.2, 0.25) is 0 Å². The lowest BCUT2D eigenvalue weighted by atomic mass is 9.96. The average molecular weight is 303 g/mol. The molecule has 2 N–H and O–H groups in total. The third-order valence-electron chi connectivity index (χ3n) is 4.58. The number of methoxy groups -OCH3 is 1. The quantitative estimate of drug-likeness (QED) is 0.660. The summed E-state index contributed by atoms with van der Waals surface area (Å²) in [5.41, 5.74) is 2.32. The van der Waals surface area contributed by atoms with Crippen molar-refractivity contribution >= 4 is 5.96 Å². The molecule has 1 aromatic rings. The van der Waals surface area contributed by atoms with Crippen LogP contribution in [-0.4, -0.2) is 38.4 Å². The Labute approximate surface area is 132 Å². The summed E-state index contributed by atoms with van der Waals surface area (Å²) in [4.78, 5) is 4.32. The van der Waals surface area contributed by atoms with Gasteiger partial charge in [-0.25, -0.2) is 0 Å². The minimum atomic E-state index is 0.350. The summed E-state index contributed by atoms with van der Waals surface area (Å²) in [5.74, 6) is 1.75. The first-order valence-electron chi connectivity index (χ1n) is 7.95. The fourth-order valence-corrected chi connectivity index (χ4v) is 3.32. The van der Waals surface area contributed by atoms with E-state index in [2.05, 4.69) is 33.8 Å². The maximum atomic E-state index is 5.87. The van der Waals surface area contributed by atoms with E-state index in [1.807, 2.05) is 6.92 Å². The highest BCUT2D eigenvalue weighted by atomic mass is 16.5. The van der Waals surface area contributed by atoms with Gasteiger partial charge in [-0.05, 0) is 43.4 Å². The van der Waals surface area contributed by atoms with Gasteiger partial charge in [0.05, 0.1) is 25.4 Å². The van der Waals surface area contributed by atoms with Crippen LogP contribution >= 0.6 is 0 Å². The summed E-state index contributed by atoms with van der Waals surface area (Å²) >= 11 is 0. The molecule has 1 aromatic carbocycles. The Bertz CT molecular complexity index is 559. The standard InChI is InChI=1S/C17H25N3O2/c1-11-4-5-12(8-16(11)21-3)10-19-17(18-2)20-14-9-13-6-7-15(14)22-13/h4-5,8,13-15H,6-7,9-10H2,1-3H3,(H2,18,19,20). The zero-order valence-corrected chi connectivity index (χ0v) is 13.6. The third-order valence-corrected chi connectivity index (χ3v) is 4.58. The highest BCUT2D eigenvalue weighted by molar-refractivity contribution is 5.80. The van der Waals surface area contributed by atoms with Crippen molar-refractivity contribution in [2.24, 2.45) is 4.99 Å². The summed E-state index contributed by atoms with van der Waals surface area (Å²) in [6, 6.07) is 6.64. The number of aryl methyl sites for hydroxylation is 1. The van der Waals surface area contributed by atoms with E-state index in [0.29, 0.717) is 18.2 Å². The van der Waals surface area contributed by atoms with Crippen LogP contribution in [0.2, 0.25) is 0 Å². The topological polar surface area (TPSA) is 54.9 Å². The van der Waals surface area contributed by atoms with Crippen LogP contribution in [0.25, 0.3) is 0 Å². The summed E-state index contributed by atoms with van der Waals surface area (Å²) < 4.78 is 11.2. The Morgan fingerprint density at radius 2 is 2.27 bits per heavy atom. The van der Waals surface area contributed by atoms with Gasteiger partial charge in [0, 0.05) is 13.6 Å². The fourth-order valence-electron chi connectivity index (χ4n) is 3.32. The second kappa shape index (κ2) is 6.57. The van der Waals surface area contributed by atoms with Crippen LogP contribution in [-0.2, 0) is 11.3 Å². The first-order valence-corrected chi connectivity index (χ1v) is 7.95. The smallest absolute Gasteiger partial charge is 0.191 e. The Balaban J connectivity index is 1.55. The van der Waals surface area contributed by atoms with Crippen LogP contribution in [0.1, 0.15) is 30.4 Å². The molecule has 2 fully saturated rings. The molecule has 2 aliphatic heterocycles. The molecule has 5 nitrogen and oxygen atoms in total. The van der Waals surface area contributed by atoms with Gasteiger partial charge in [-0.1, -0.05) is 12.1 Å². The lowest BCUT2D eigenvalue weighted by Crippen LogP contribution is -2.47. The Kier molecular flexibility index (Phi) is 4.52. The Morgan fingerprint density at radius 1 is 1.41 bits per heavy atom. The van der Waals surface area contributed by atoms with Crippen molar-refractivity contribution in [1.29, 1.82) is 0 Å². The molecule has 0 amide bonds. The second-order valence-electron chi connectivity index (χ2n) is 6.09. The van der Waals surface area contributed by atoms with E-state index in [0.717, 1.165) is 36.7 Å². The maximum Gasteiger partial charge on any atom is 0.191 e. The molecule has 22 heavy (non-hydrogen) atoms. The van der Waals surface area contributed by atoms with Crippen molar-refractivity contribution in [3.8, 4) is 5.75 Å². The minimum Gasteiger partial charge on any atom is -0.496 e. The van der Waals surface area contributed by atoms with Crippen LogP contribution in [0.15, 0.2) is 23.2 Å². The van der Waals surface area contributed by atoms with Gasteiger partial charge in [-0.15, -0.1) is 0 Å². The van der Waals surface area contributed by atoms with Gasteiger partial charge in [0.25, 0.3) is 0 Å². The molecule has 0 aliphatic carbocycles. The number of nitrogens with zero attached hydrogens (tertiary/aromatic N) is 1. The van der Waals surface area contributed by atoms with E-state index in [-0.39, 0.29) is 0 Å². The van der Waals surface area contributed by atoms with Crippen molar-refractivity contribution < 1.29 is 9.47 Å². The Hall–Kier alpha value is -1.75.